The van der Waals surface area contributed by atoms with Crippen molar-refractivity contribution in [2.75, 3.05) is 13.2 Å². The maximum absolute atomic E-state index is 13.5. The SMILES string of the molecule is CCCCCCCC/C=C/CCCCCCCCCCCCCC(=O)OC1C(OCC(NC(=O)C(O)CCCCCCCCCCCCCCCCCCCCCCCC)C(O)/C=C/CCCCCCCCCCC)OC(CO)C(O)C1O. The fourth-order valence-electron chi connectivity index (χ4n) is 11.7. The van der Waals surface area contributed by atoms with Crippen LogP contribution in [0.25, 0.3) is 0 Å². The molecule has 1 heterocycles. The molecule has 8 unspecified atom stereocenters. The maximum Gasteiger partial charge on any atom is 0.306 e. The van der Waals surface area contributed by atoms with E-state index < -0.39 is 67.4 Å². The molecule has 1 saturated heterocycles. The van der Waals surface area contributed by atoms with Gasteiger partial charge in [-0.3, -0.25) is 9.59 Å². The van der Waals surface area contributed by atoms with E-state index in [1.165, 1.54) is 257 Å². The number of esters is 1. The second kappa shape index (κ2) is 60.4. The molecule has 0 saturated carbocycles. The number of carbonyl (C=O) groups is 2. The van der Waals surface area contributed by atoms with Crippen LogP contribution in [-0.2, 0) is 23.8 Å². The summed E-state index contributed by atoms with van der Waals surface area (Å²) in [7, 11) is 0. The lowest BCUT2D eigenvalue weighted by atomic mass is 9.99. The molecule has 0 radical (unpaired) electrons. The fraction of sp³-hybridized carbons (Fsp3) is 0.917. The third kappa shape index (κ3) is 47.8. The monoisotopic (exact) mass is 1180 g/mol. The Morgan fingerprint density at radius 1 is 0.458 bits per heavy atom. The molecule has 0 aromatic rings. The summed E-state index contributed by atoms with van der Waals surface area (Å²) in [5.41, 5.74) is 0. The number of nitrogens with one attached hydrogen (secondary N) is 1. The molecule has 1 rings (SSSR count). The Balaban J connectivity index is 2.54. The van der Waals surface area contributed by atoms with Gasteiger partial charge in [-0.1, -0.05) is 328 Å². The van der Waals surface area contributed by atoms with Crippen molar-refractivity contribution in [1.82, 2.24) is 5.32 Å². The molecule has 8 atom stereocenters. The van der Waals surface area contributed by atoms with Crippen LogP contribution in [0, 0.1) is 0 Å². The molecule has 1 aliphatic rings. The molecule has 0 bridgehead atoms. The summed E-state index contributed by atoms with van der Waals surface area (Å²) in [5, 5.41) is 57.2. The lowest BCUT2D eigenvalue weighted by Gasteiger charge is -2.41. The third-order valence-corrected chi connectivity index (χ3v) is 17.4. The van der Waals surface area contributed by atoms with E-state index in [0.717, 1.165) is 57.8 Å². The van der Waals surface area contributed by atoms with Crippen molar-refractivity contribution < 1.29 is 49.3 Å². The lowest BCUT2D eigenvalue weighted by molar-refractivity contribution is -0.305. The van der Waals surface area contributed by atoms with Crippen LogP contribution in [0.2, 0.25) is 0 Å². The van der Waals surface area contributed by atoms with E-state index in [1.807, 2.05) is 6.08 Å². The van der Waals surface area contributed by atoms with Gasteiger partial charge in [-0.25, -0.2) is 0 Å². The second-order valence-electron chi connectivity index (χ2n) is 25.3. The quantitative estimate of drug-likeness (QED) is 0.0195. The van der Waals surface area contributed by atoms with Gasteiger partial charge in [0, 0.05) is 6.42 Å². The summed E-state index contributed by atoms with van der Waals surface area (Å²) in [6, 6.07) is -1.02. The number of carbonyl (C=O) groups excluding carboxylic acids is 2. The van der Waals surface area contributed by atoms with Crippen molar-refractivity contribution in [3.8, 4) is 0 Å². The first-order valence-corrected chi connectivity index (χ1v) is 36.1. The standard InChI is InChI=1S/C72H137NO10/c1-4-7-10-13-16-19-22-24-26-28-30-32-34-35-37-39-41-44-47-50-53-56-59-65(76)71(80)73-63(64(75)58-55-52-49-46-43-21-18-15-12-9-6-3)62-81-72-70(69(79)68(78)66(61-74)82-72)83-67(77)60-57-54-51-48-45-42-40-38-36-33-31-29-27-25-23-20-17-14-11-8-5-2/h25,27,55,58,63-66,68-70,72,74-76,78-79H,4-24,26,28-54,56-57,59-62H2,1-3H3,(H,73,80)/b27-25+,58-55+. The smallest absolute Gasteiger partial charge is 0.306 e. The van der Waals surface area contributed by atoms with Crippen LogP contribution in [0.5, 0.6) is 0 Å². The number of aliphatic hydroxyl groups is 5. The second-order valence-corrected chi connectivity index (χ2v) is 25.3. The molecule has 0 aliphatic carbocycles. The number of hydrogen-bond donors (Lipinski definition) is 6. The average molecular weight is 1180 g/mol. The van der Waals surface area contributed by atoms with Gasteiger partial charge in [0.15, 0.2) is 12.4 Å². The van der Waals surface area contributed by atoms with E-state index >= 15 is 0 Å². The normalized spacial score (nSPS) is 18.6. The number of hydrogen-bond acceptors (Lipinski definition) is 10. The van der Waals surface area contributed by atoms with Gasteiger partial charge in [0.05, 0.1) is 25.4 Å². The predicted molar refractivity (Wildman–Crippen MR) is 348 cm³/mol. The molecule has 0 aromatic carbocycles. The van der Waals surface area contributed by atoms with E-state index in [-0.39, 0.29) is 13.0 Å². The van der Waals surface area contributed by atoms with Crippen molar-refractivity contribution in [3.05, 3.63) is 24.3 Å². The summed E-state index contributed by atoms with van der Waals surface area (Å²) in [6.45, 7) is 5.84. The zero-order chi connectivity index (χ0) is 60.3. The minimum Gasteiger partial charge on any atom is -0.454 e. The van der Waals surface area contributed by atoms with E-state index in [2.05, 4.69) is 38.2 Å². The summed E-state index contributed by atoms with van der Waals surface area (Å²) in [4.78, 5) is 26.7. The maximum atomic E-state index is 13.5. The molecule has 0 aromatic heterocycles. The predicted octanol–water partition coefficient (Wildman–Crippen LogP) is 18.4. The van der Waals surface area contributed by atoms with Crippen LogP contribution in [0.3, 0.4) is 0 Å². The largest absolute Gasteiger partial charge is 0.454 e. The topological polar surface area (TPSA) is 175 Å². The highest BCUT2D eigenvalue weighted by molar-refractivity contribution is 5.80. The van der Waals surface area contributed by atoms with Gasteiger partial charge in [0.1, 0.15) is 24.4 Å². The first kappa shape index (κ1) is 79.2. The Hall–Kier alpha value is -1.86. The summed E-state index contributed by atoms with van der Waals surface area (Å²) in [6.07, 6.45) is 62.3. The van der Waals surface area contributed by atoms with Crippen LogP contribution in [-0.4, -0.2) is 99.6 Å². The van der Waals surface area contributed by atoms with E-state index in [1.54, 1.807) is 6.08 Å². The Bertz CT molecular complexity index is 1450. The van der Waals surface area contributed by atoms with Gasteiger partial charge in [-0.15, -0.1) is 0 Å². The van der Waals surface area contributed by atoms with Gasteiger partial charge in [0.25, 0.3) is 0 Å². The van der Waals surface area contributed by atoms with Gasteiger partial charge in [-0.05, 0) is 51.4 Å². The van der Waals surface area contributed by atoms with Crippen LogP contribution in [0.4, 0.5) is 0 Å². The van der Waals surface area contributed by atoms with E-state index in [4.69, 9.17) is 14.2 Å². The van der Waals surface area contributed by atoms with Crippen molar-refractivity contribution in [1.29, 1.82) is 0 Å². The molecule has 490 valence electrons. The molecule has 1 amide bonds. The highest BCUT2D eigenvalue weighted by atomic mass is 16.7. The number of unbranched alkanes of at least 4 members (excludes halogenated alkanes) is 47. The first-order chi connectivity index (χ1) is 40.7. The molecule has 1 fully saturated rings. The first-order valence-electron chi connectivity index (χ1n) is 36.1. The van der Waals surface area contributed by atoms with Crippen LogP contribution >= 0.6 is 0 Å². The molecule has 11 nitrogen and oxygen atoms in total. The molecular weight excluding hydrogens is 1040 g/mol. The molecule has 6 N–H and O–H groups in total. The zero-order valence-corrected chi connectivity index (χ0v) is 54.6. The number of rotatable bonds is 63. The zero-order valence-electron chi connectivity index (χ0n) is 54.6. The molecule has 11 heteroatoms. The average Bonchev–Trinajstić information content (AvgIpc) is 3.69. The molecule has 1 aliphatic heterocycles. The van der Waals surface area contributed by atoms with E-state index in [9.17, 15) is 35.1 Å². The third-order valence-electron chi connectivity index (χ3n) is 17.4. The molecule has 0 spiro atoms. The summed E-state index contributed by atoms with van der Waals surface area (Å²) < 4.78 is 17.7. The Labute approximate surface area is 511 Å². The number of allylic oxidation sites excluding steroid dienone is 3. The minimum atomic E-state index is -1.61. The van der Waals surface area contributed by atoms with E-state index in [0.29, 0.717) is 19.3 Å². The summed E-state index contributed by atoms with van der Waals surface area (Å²) >= 11 is 0. The fourth-order valence-corrected chi connectivity index (χ4v) is 11.7. The number of ether oxygens (including phenoxy) is 3. The van der Waals surface area contributed by atoms with Crippen molar-refractivity contribution in [2.45, 2.75) is 410 Å². The van der Waals surface area contributed by atoms with Crippen LogP contribution in [0.1, 0.15) is 361 Å². The van der Waals surface area contributed by atoms with Crippen molar-refractivity contribution in [3.63, 3.8) is 0 Å². The Morgan fingerprint density at radius 3 is 1.17 bits per heavy atom. The minimum absolute atomic E-state index is 0.127. The number of amides is 1. The number of aliphatic hydroxyl groups excluding tert-OH is 5. The Kier molecular flexibility index (Phi) is 57.6. The Morgan fingerprint density at radius 2 is 0.795 bits per heavy atom. The van der Waals surface area contributed by atoms with Gasteiger partial charge in [0.2, 0.25) is 5.91 Å². The highest BCUT2D eigenvalue weighted by Crippen LogP contribution is 2.26. The van der Waals surface area contributed by atoms with Crippen LogP contribution < -0.4 is 5.32 Å². The van der Waals surface area contributed by atoms with Gasteiger partial charge >= 0.3 is 5.97 Å². The van der Waals surface area contributed by atoms with Crippen molar-refractivity contribution in [2.24, 2.45) is 0 Å². The van der Waals surface area contributed by atoms with Crippen LogP contribution in [0.15, 0.2) is 24.3 Å². The highest BCUT2D eigenvalue weighted by Gasteiger charge is 2.47. The van der Waals surface area contributed by atoms with Gasteiger partial charge < -0.3 is 45.1 Å². The summed E-state index contributed by atoms with van der Waals surface area (Å²) in [5.74, 6) is -1.18. The molecule has 83 heavy (non-hydrogen) atoms. The molecular formula is C72H137NO10. The van der Waals surface area contributed by atoms with Gasteiger partial charge in [-0.2, -0.15) is 0 Å². The lowest BCUT2D eigenvalue weighted by Crippen LogP contribution is -2.61. The van der Waals surface area contributed by atoms with Crippen molar-refractivity contribution >= 4 is 11.9 Å².